The molecule has 0 bridgehead atoms. The standard InChI is InChI=1S/C23H18Cl2F4N2O3S/c1-14-2-7-18(8-3-14)35(33,34)31(12-15-4-5-16(24)10-20(15)25)13-22(32)30-17-6-9-21(26)19(11-17)23(27,28)29/h2-11H,12-13H2,1H3,(H,30,32). The number of hydrogen-bond acceptors (Lipinski definition) is 3. The molecule has 0 aliphatic rings. The number of hydrogen-bond donors (Lipinski definition) is 1. The van der Waals surface area contributed by atoms with Gasteiger partial charge in [-0.1, -0.05) is 47.0 Å². The molecule has 1 amide bonds. The highest BCUT2D eigenvalue weighted by molar-refractivity contribution is 7.89. The number of sulfonamides is 1. The van der Waals surface area contributed by atoms with Crippen molar-refractivity contribution in [1.29, 1.82) is 0 Å². The second kappa shape index (κ2) is 10.5. The first kappa shape index (κ1) is 26.9. The lowest BCUT2D eigenvalue weighted by molar-refractivity contribution is -0.140. The number of anilines is 1. The molecule has 1 N–H and O–H groups in total. The Labute approximate surface area is 209 Å². The Balaban J connectivity index is 1.92. The summed E-state index contributed by atoms with van der Waals surface area (Å²) in [5.74, 6) is -2.44. The summed E-state index contributed by atoms with van der Waals surface area (Å²) in [6.07, 6.45) is -4.98. The van der Waals surface area contributed by atoms with Gasteiger partial charge in [0.15, 0.2) is 0 Å². The van der Waals surface area contributed by atoms with Gasteiger partial charge in [0, 0.05) is 22.3 Å². The van der Waals surface area contributed by atoms with Gasteiger partial charge in [-0.05, 0) is 55.0 Å². The number of benzene rings is 3. The molecule has 3 rings (SSSR count). The van der Waals surface area contributed by atoms with E-state index in [0.717, 1.165) is 15.9 Å². The number of rotatable bonds is 7. The fourth-order valence-electron chi connectivity index (χ4n) is 3.11. The van der Waals surface area contributed by atoms with E-state index in [0.29, 0.717) is 22.7 Å². The third-order valence-electron chi connectivity index (χ3n) is 4.90. The van der Waals surface area contributed by atoms with Crippen LogP contribution in [0.1, 0.15) is 16.7 Å². The zero-order valence-corrected chi connectivity index (χ0v) is 20.4. The second-order valence-corrected chi connectivity index (χ2v) is 10.3. The summed E-state index contributed by atoms with van der Waals surface area (Å²) in [6.45, 7) is 0.692. The predicted molar refractivity (Wildman–Crippen MR) is 125 cm³/mol. The van der Waals surface area contributed by atoms with Crippen LogP contribution in [0.25, 0.3) is 0 Å². The molecule has 0 radical (unpaired) electrons. The lowest BCUT2D eigenvalue weighted by Crippen LogP contribution is -2.37. The molecule has 0 saturated heterocycles. The zero-order chi connectivity index (χ0) is 26.0. The maximum Gasteiger partial charge on any atom is 0.419 e. The van der Waals surface area contributed by atoms with E-state index in [1.165, 1.54) is 30.3 Å². The van der Waals surface area contributed by atoms with Gasteiger partial charge in [-0.3, -0.25) is 4.79 Å². The number of halogens is 6. The van der Waals surface area contributed by atoms with Crippen LogP contribution in [-0.4, -0.2) is 25.2 Å². The van der Waals surface area contributed by atoms with Crippen molar-refractivity contribution in [2.24, 2.45) is 0 Å². The van der Waals surface area contributed by atoms with E-state index < -0.39 is 40.0 Å². The number of carbonyl (C=O) groups excluding carboxylic acids is 1. The smallest absolute Gasteiger partial charge is 0.325 e. The fourth-order valence-corrected chi connectivity index (χ4v) is 4.95. The third-order valence-corrected chi connectivity index (χ3v) is 7.29. The SMILES string of the molecule is Cc1ccc(S(=O)(=O)N(CC(=O)Nc2ccc(F)c(C(F)(F)F)c2)Cc2ccc(Cl)cc2Cl)cc1. The van der Waals surface area contributed by atoms with Crippen LogP contribution in [0.4, 0.5) is 23.2 Å². The predicted octanol–water partition coefficient (Wildman–Crippen LogP) is 6.29. The molecule has 186 valence electrons. The summed E-state index contributed by atoms with van der Waals surface area (Å²) in [7, 11) is -4.23. The topological polar surface area (TPSA) is 66.5 Å². The highest BCUT2D eigenvalue weighted by Crippen LogP contribution is 2.33. The Morgan fingerprint density at radius 2 is 1.66 bits per heavy atom. The molecule has 12 heteroatoms. The molecular weight excluding hydrogens is 531 g/mol. The Hall–Kier alpha value is -2.66. The summed E-state index contributed by atoms with van der Waals surface area (Å²) in [5, 5.41) is 2.67. The largest absolute Gasteiger partial charge is 0.419 e. The summed E-state index contributed by atoms with van der Waals surface area (Å²) in [4.78, 5) is 12.6. The van der Waals surface area contributed by atoms with Gasteiger partial charge in [-0.25, -0.2) is 12.8 Å². The van der Waals surface area contributed by atoms with Crippen molar-refractivity contribution in [2.75, 3.05) is 11.9 Å². The lowest BCUT2D eigenvalue weighted by atomic mass is 10.2. The highest BCUT2D eigenvalue weighted by atomic mass is 35.5. The first-order chi connectivity index (χ1) is 16.3. The summed E-state index contributed by atoms with van der Waals surface area (Å²) < 4.78 is 80.0. The van der Waals surface area contributed by atoms with Crippen LogP contribution < -0.4 is 5.32 Å². The molecule has 35 heavy (non-hydrogen) atoms. The van der Waals surface area contributed by atoms with Gasteiger partial charge in [-0.15, -0.1) is 0 Å². The first-order valence-corrected chi connectivity index (χ1v) is 12.1. The Kier molecular flexibility index (Phi) is 8.10. The van der Waals surface area contributed by atoms with Gasteiger partial charge in [0.05, 0.1) is 17.0 Å². The van der Waals surface area contributed by atoms with Crippen molar-refractivity contribution in [3.63, 3.8) is 0 Å². The van der Waals surface area contributed by atoms with Crippen LogP contribution in [0.3, 0.4) is 0 Å². The van der Waals surface area contributed by atoms with E-state index in [-0.39, 0.29) is 22.2 Å². The lowest BCUT2D eigenvalue weighted by Gasteiger charge is -2.23. The Bertz CT molecular complexity index is 1350. The van der Waals surface area contributed by atoms with E-state index in [1.807, 2.05) is 0 Å². The maximum atomic E-state index is 13.6. The fraction of sp³-hybridized carbons (Fsp3) is 0.174. The van der Waals surface area contributed by atoms with Crippen molar-refractivity contribution in [2.45, 2.75) is 24.5 Å². The molecule has 0 aliphatic carbocycles. The minimum atomic E-state index is -4.98. The van der Waals surface area contributed by atoms with Gasteiger partial charge in [0.2, 0.25) is 15.9 Å². The average molecular weight is 549 g/mol. The van der Waals surface area contributed by atoms with E-state index in [1.54, 1.807) is 19.1 Å². The molecule has 0 fully saturated rings. The Morgan fingerprint density at radius 3 is 2.26 bits per heavy atom. The molecular formula is C23H18Cl2F4N2O3S. The number of nitrogens with zero attached hydrogens (tertiary/aromatic N) is 1. The van der Waals surface area contributed by atoms with Gasteiger partial charge < -0.3 is 5.32 Å². The normalized spacial score (nSPS) is 12.1. The molecule has 3 aromatic rings. The van der Waals surface area contributed by atoms with Crippen LogP contribution in [0.2, 0.25) is 10.0 Å². The monoisotopic (exact) mass is 548 g/mol. The minimum absolute atomic E-state index is 0.0953. The number of alkyl halides is 3. The molecule has 3 aromatic carbocycles. The quantitative estimate of drug-likeness (QED) is 0.353. The van der Waals surface area contributed by atoms with Gasteiger partial charge in [0.1, 0.15) is 5.82 Å². The minimum Gasteiger partial charge on any atom is -0.325 e. The van der Waals surface area contributed by atoms with Crippen LogP contribution in [0, 0.1) is 12.7 Å². The van der Waals surface area contributed by atoms with E-state index in [2.05, 4.69) is 5.32 Å². The van der Waals surface area contributed by atoms with Crippen LogP contribution in [-0.2, 0) is 27.5 Å². The van der Waals surface area contributed by atoms with Gasteiger partial charge in [-0.2, -0.15) is 17.5 Å². The zero-order valence-electron chi connectivity index (χ0n) is 18.0. The highest BCUT2D eigenvalue weighted by Gasteiger charge is 2.34. The summed E-state index contributed by atoms with van der Waals surface area (Å²) >= 11 is 12.1. The molecule has 0 saturated carbocycles. The average Bonchev–Trinajstić information content (AvgIpc) is 2.76. The number of carbonyl (C=O) groups is 1. The molecule has 0 unspecified atom stereocenters. The summed E-state index contributed by atoms with van der Waals surface area (Å²) in [6, 6.07) is 12.2. The Morgan fingerprint density at radius 1 is 1.00 bits per heavy atom. The number of nitrogens with one attached hydrogen (secondary N) is 1. The molecule has 5 nitrogen and oxygen atoms in total. The number of amides is 1. The van der Waals surface area contributed by atoms with Crippen molar-refractivity contribution in [3.05, 3.63) is 93.2 Å². The van der Waals surface area contributed by atoms with E-state index in [9.17, 15) is 30.8 Å². The van der Waals surface area contributed by atoms with Crippen molar-refractivity contribution < 1.29 is 30.8 Å². The molecule has 0 aromatic heterocycles. The van der Waals surface area contributed by atoms with Crippen LogP contribution in [0.15, 0.2) is 65.6 Å². The van der Waals surface area contributed by atoms with Crippen molar-refractivity contribution in [3.8, 4) is 0 Å². The van der Waals surface area contributed by atoms with E-state index in [4.69, 9.17) is 23.2 Å². The summed E-state index contributed by atoms with van der Waals surface area (Å²) in [5.41, 5.74) is -0.750. The third kappa shape index (κ3) is 6.72. The van der Waals surface area contributed by atoms with Gasteiger partial charge in [0.25, 0.3) is 0 Å². The molecule has 0 spiro atoms. The maximum absolute atomic E-state index is 13.6. The molecule has 0 aliphatic heterocycles. The van der Waals surface area contributed by atoms with Crippen molar-refractivity contribution >= 4 is 44.8 Å². The van der Waals surface area contributed by atoms with E-state index >= 15 is 0 Å². The molecule has 0 atom stereocenters. The van der Waals surface area contributed by atoms with Crippen molar-refractivity contribution in [1.82, 2.24) is 4.31 Å². The van der Waals surface area contributed by atoms with Gasteiger partial charge >= 0.3 is 6.18 Å². The van der Waals surface area contributed by atoms with Crippen LogP contribution >= 0.6 is 23.2 Å². The second-order valence-electron chi connectivity index (χ2n) is 7.56. The molecule has 0 heterocycles. The van der Waals surface area contributed by atoms with Crippen LogP contribution in [0.5, 0.6) is 0 Å². The number of aryl methyl sites for hydroxylation is 1. The first-order valence-electron chi connectivity index (χ1n) is 9.95.